The minimum absolute atomic E-state index is 0.0190. The fourth-order valence-electron chi connectivity index (χ4n) is 1.85. The molecule has 1 fully saturated rings. The molecule has 14 heavy (non-hydrogen) atoms. The molecule has 0 aliphatic carbocycles. The SMILES string of the molecule is CC=CC(=O)NC(C)C1CCCNC1. The van der Waals surface area contributed by atoms with Crippen LogP contribution in [0.5, 0.6) is 0 Å². The summed E-state index contributed by atoms with van der Waals surface area (Å²) >= 11 is 0. The third-order valence-electron chi connectivity index (χ3n) is 2.73. The minimum atomic E-state index is 0.0190. The van der Waals surface area contributed by atoms with E-state index in [4.69, 9.17) is 0 Å². The Morgan fingerprint density at radius 1 is 1.64 bits per heavy atom. The highest BCUT2D eigenvalue weighted by Crippen LogP contribution is 2.13. The molecule has 1 saturated heterocycles. The number of hydrogen-bond donors (Lipinski definition) is 2. The third-order valence-corrected chi connectivity index (χ3v) is 2.73. The summed E-state index contributed by atoms with van der Waals surface area (Å²) in [4.78, 5) is 11.3. The van der Waals surface area contributed by atoms with Crippen LogP contribution in [0.4, 0.5) is 0 Å². The van der Waals surface area contributed by atoms with Crippen LogP contribution in [0.1, 0.15) is 26.7 Å². The van der Waals surface area contributed by atoms with Crippen LogP contribution < -0.4 is 10.6 Å². The van der Waals surface area contributed by atoms with Gasteiger partial charge in [0, 0.05) is 6.04 Å². The van der Waals surface area contributed by atoms with Crippen molar-refractivity contribution in [1.29, 1.82) is 0 Å². The van der Waals surface area contributed by atoms with E-state index in [0.29, 0.717) is 5.92 Å². The summed E-state index contributed by atoms with van der Waals surface area (Å²) in [5, 5.41) is 6.34. The van der Waals surface area contributed by atoms with Gasteiger partial charge in [0.2, 0.25) is 5.91 Å². The summed E-state index contributed by atoms with van der Waals surface area (Å²) in [6, 6.07) is 0.270. The van der Waals surface area contributed by atoms with E-state index in [-0.39, 0.29) is 11.9 Å². The summed E-state index contributed by atoms with van der Waals surface area (Å²) in [5.41, 5.74) is 0. The van der Waals surface area contributed by atoms with E-state index in [1.165, 1.54) is 12.8 Å². The molecule has 0 radical (unpaired) electrons. The van der Waals surface area contributed by atoms with Gasteiger partial charge in [-0.15, -0.1) is 0 Å². The molecule has 1 amide bonds. The van der Waals surface area contributed by atoms with E-state index in [2.05, 4.69) is 17.6 Å². The summed E-state index contributed by atoms with van der Waals surface area (Å²) in [6.45, 7) is 6.08. The number of amides is 1. The number of carbonyl (C=O) groups excluding carboxylic acids is 1. The van der Waals surface area contributed by atoms with Gasteiger partial charge in [-0.1, -0.05) is 6.08 Å². The Balaban J connectivity index is 2.32. The average molecular weight is 196 g/mol. The molecule has 3 heteroatoms. The molecule has 2 unspecified atom stereocenters. The predicted octanol–water partition coefficient (Wildman–Crippen LogP) is 1.07. The second kappa shape index (κ2) is 5.81. The quantitative estimate of drug-likeness (QED) is 0.663. The van der Waals surface area contributed by atoms with Crippen LogP contribution in [0.15, 0.2) is 12.2 Å². The summed E-state index contributed by atoms with van der Waals surface area (Å²) in [5.74, 6) is 0.600. The highest BCUT2D eigenvalue weighted by atomic mass is 16.1. The second-order valence-corrected chi connectivity index (χ2v) is 3.90. The zero-order chi connectivity index (χ0) is 10.4. The van der Waals surface area contributed by atoms with Gasteiger partial charge in [-0.05, 0) is 51.8 Å². The molecule has 0 aromatic carbocycles. The lowest BCUT2D eigenvalue weighted by molar-refractivity contribution is -0.117. The molecule has 1 aliphatic rings. The van der Waals surface area contributed by atoms with Crippen LogP contribution in [0.25, 0.3) is 0 Å². The maximum absolute atomic E-state index is 11.3. The van der Waals surface area contributed by atoms with Crippen molar-refractivity contribution in [3.63, 3.8) is 0 Å². The minimum Gasteiger partial charge on any atom is -0.350 e. The smallest absolute Gasteiger partial charge is 0.243 e. The average Bonchev–Trinajstić information content (AvgIpc) is 2.19. The van der Waals surface area contributed by atoms with Crippen molar-refractivity contribution in [2.45, 2.75) is 32.7 Å². The zero-order valence-corrected chi connectivity index (χ0v) is 9.05. The third kappa shape index (κ3) is 3.50. The Kier molecular flexibility index (Phi) is 4.66. The molecule has 1 heterocycles. The highest BCUT2D eigenvalue weighted by Gasteiger charge is 2.20. The van der Waals surface area contributed by atoms with Crippen LogP contribution in [0.3, 0.4) is 0 Å². The van der Waals surface area contributed by atoms with Crippen LogP contribution >= 0.6 is 0 Å². The highest BCUT2D eigenvalue weighted by molar-refractivity contribution is 5.87. The first-order chi connectivity index (χ1) is 6.74. The molecule has 0 aromatic rings. The van der Waals surface area contributed by atoms with Crippen molar-refractivity contribution in [2.75, 3.05) is 13.1 Å². The first kappa shape index (κ1) is 11.2. The fourth-order valence-corrected chi connectivity index (χ4v) is 1.85. The number of piperidine rings is 1. The summed E-state index contributed by atoms with van der Waals surface area (Å²) in [6.07, 6.45) is 5.77. The summed E-state index contributed by atoms with van der Waals surface area (Å²) in [7, 11) is 0. The molecule has 0 aromatic heterocycles. The lowest BCUT2D eigenvalue weighted by atomic mass is 9.93. The Morgan fingerprint density at radius 2 is 2.43 bits per heavy atom. The fraction of sp³-hybridized carbons (Fsp3) is 0.727. The van der Waals surface area contributed by atoms with Gasteiger partial charge >= 0.3 is 0 Å². The second-order valence-electron chi connectivity index (χ2n) is 3.90. The van der Waals surface area contributed by atoms with E-state index in [1.807, 2.05) is 6.92 Å². The standard InChI is InChI=1S/C11H20N2O/c1-3-5-11(14)13-9(2)10-6-4-7-12-8-10/h3,5,9-10,12H,4,6-8H2,1-2H3,(H,13,14). The van der Waals surface area contributed by atoms with Crippen LogP contribution in [0.2, 0.25) is 0 Å². The molecule has 0 bridgehead atoms. The molecule has 80 valence electrons. The first-order valence-electron chi connectivity index (χ1n) is 5.38. The molecular weight excluding hydrogens is 176 g/mol. The zero-order valence-electron chi connectivity index (χ0n) is 9.05. The lowest BCUT2D eigenvalue weighted by Crippen LogP contribution is -2.44. The van der Waals surface area contributed by atoms with Crippen molar-refractivity contribution in [1.82, 2.24) is 10.6 Å². The predicted molar refractivity (Wildman–Crippen MR) is 58.0 cm³/mol. The number of hydrogen-bond acceptors (Lipinski definition) is 2. The first-order valence-corrected chi connectivity index (χ1v) is 5.38. The molecule has 3 nitrogen and oxygen atoms in total. The van der Waals surface area contributed by atoms with E-state index in [0.717, 1.165) is 13.1 Å². The van der Waals surface area contributed by atoms with Crippen LogP contribution in [-0.2, 0) is 4.79 Å². The van der Waals surface area contributed by atoms with Gasteiger partial charge in [-0.3, -0.25) is 4.79 Å². The van der Waals surface area contributed by atoms with E-state index in [9.17, 15) is 4.79 Å². The normalized spacial score (nSPS) is 24.9. The Morgan fingerprint density at radius 3 is 3.00 bits per heavy atom. The number of nitrogens with one attached hydrogen (secondary N) is 2. The van der Waals surface area contributed by atoms with Gasteiger partial charge < -0.3 is 10.6 Å². The summed E-state index contributed by atoms with van der Waals surface area (Å²) < 4.78 is 0. The molecule has 2 N–H and O–H groups in total. The molecule has 1 rings (SSSR count). The number of carbonyl (C=O) groups is 1. The topological polar surface area (TPSA) is 41.1 Å². The number of rotatable bonds is 3. The van der Waals surface area contributed by atoms with Crippen molar-refractivity contribution in [3.8, 4) is 0 Å². The Labute approximate surface area is 86.0 Å². The Bertz CT molecular complexity index is 207. The van der Waals surface area contributed by atoms with E-state index in [1.54, 1.807) is 12.2 Å². The van der Waals surface area contributed by atoms with Gasteiger partial charge in [0.05, 0.1) is 0 Å². The van der Waals surface area contributed by atoms with E-state index >= 15 is 0 Å². The molecular formula is C11H20N2O. The van der Waals surface area contributed by atoms with Gasteiger partial charge in [-0.2, -0.15) is 0 Å². The molecule has 1 aliphatic heterocycles. The van der Waals surface area contributed by atoms with E-state index < -0.39 is 0 Å². The van der Waals surface area contributed by atoms with Crippen LogP contribution in [-0.4, -0.2) is 25.0 Å². The van der Waals surface area contributed by atoms with Gasteiger partial charge in [0.25, 0.3) is 0 Å². The maximum Gasteiger partial charge on any atom is 0.243 e. The monoisotopic (exact) mass is 196 g/mol. The van der Waals surface area contributed by atoms with Gasteiger partial charge in [-0.25, -0.2) is 0 Å². The molecule has 0 saturated carbocycles. The lowest BCUT2D eigenvalue weighted by Gasteiger charge is -2.28. The van der Waals surface area contributed by atoms with Crippen molar-refractivity contribution in [2.24, 2.45) is 5.92 Å². The van der Waals surface area contributed by atoms with Gasteiger partial charge in [0.1, 0.15) is 0 Å². The van der Waals surface area contributed by atoms with Crippen molar-refractivity contribution >= 4 is 5.91 Å². The molecule has 2 atom stereocenters. The number of allylic oxidation sites excluding steroid dienone is 1. The van der Waals surface area contributed by atoms with Crippen molar-refractivity contribution < 1.29 is 4.79 Å². The van der Waals surface area contributed by atoms with Crippen molar-refractivity contribution in [3.05, 3.63) is 12.2 Å². The largest absolute Gasteiger partial charge is 0.350 e. The van der Waals surface area contributed by atoms with Gasteiger partial charge in [0.15, 0.2) is 0 Å². The molecule has 0 spiro atoms. The van der Waals surface area contributed by atoms with Crippen LogP contribution in [0, 0.1) is 5.92 Å². The maximum atomic E-state index is 11.3. The Hall–Kier alpha value is -0.830.